The van der Waals surface area contributed by atoms with Crippen LogP contribution in [0, 0.1) is 16.2 Å². The van der Waals surface area contributed by atoms with Crippen LogP contribution in [0.15, 0.2) is 0 Å². The van der Waals surface area contributed by atoms with Gasteiger partial charge in [-0.2, -0.15) is 23.5 Å². The first-order valence-electron chi connectivity index (χ1n) is 31.4. The Labute approximate surface area is 526 Å². The van der Waals surface area contributed by atoms with Crippen molar-refractivity contribution in [2.75, 3.05) is 181 Å². The van der Waals surface area contributed by atoms with E-state index in [9.17, 15) is 49.8 Å². The zero-order chi connectivity index (χ0) is 64.3. The van der Waals surface area contributed by atoms with Crippen molar-refractivity contribution >= 4 is 47.9 Å². The molecule has 1 aliphatic heterocycles. The molecule has 0 bridgehead atoms. The highest BCUT2D eigenvalue weighted by molar-refractivity contribution is 7.99. The van der Waals surface area contributed by atoms with Crippen LogP contribution in [0.1, 0.15) is 119 Å². The number of rotatable bonds is 10. The van der Waals surface area contributed by atoms with Crippen LogP contribution in [0.25, 0.3) is 0 Å². The van der Waals surface area contributed by atoms with Crippen molar-refractivity contribution < 1.29 is 107 Å². The first kappa shape index (κ1) is 82.2. The summed E-state index contributed by atoms with van der Waals surface area (Å²) in [5.74, 6) is 2.40. The largest absolute Gasteiger partial charge is 0.447 e. The SMILES string of the molecule is CCC[C@]1(C)CCOCC(O)CSCCOCCOCCSCC(O)COC[C@](CC)(CCC)COCC(CO)OC(=O)NCCCCNC(=O)OC(CO)COCC(CC)(CC)COCC(O)COC(=O)NCCCCNC(=O)OC(CO)COC1. The minimum absolute atomic E-state index is 0.00164. The molecule has 1 fully saturated rings. The Bertz CT molecular complexity index is 1710. The van der Waals surface area contributed by atoms with Crippen molar-refractivity contribution in [3.8, 4) is 0 Å². The van der Waals surface area contributed by atoms with Crippen LogP contribution in [-0.4, -0.2) is 273 Å². The number of cyclic esters (lactones) is 4. The van der Waals surface area contributed by atoms with E-state index in [1.54, 1.807) is 23.5 Å². The van der Waals surface area contributed by atoms with E-state index in [4.69, 9.17) is 56.8 Å². The lowest BCUT2D eigenvalue weighted by atomic mass is 9.82. The van der Waals surface area contributed by atoms with E-state index in [0.29, 0.717) is 121 Å². The second kappa shape index (κ2) is 52.8. The molecule has 1 heterocycles. The molecule has 87 heavy (non-hydrogen) atoms. The number of aliphatic hydroxyl groups excluding tert-OH is 6. The van der Waals surface area contributed by atoms with Crippen LogP contribution in [0.2, 0.25) is 0 Å². The summed E-state index contributed by atoms with van der Waals surface area (Å²) in [6.07, 6.45) is 0.185. The van der Waals surface area contributed by atoms with E-state index in [0.717, 1.165) is 32.1 Å². The molecule has 26 nitrogen and oxygen atoms in total. The summed E-state index contributed by atoms with van der Waals surface area (Å²) in [6.45, 7) is 15.5. The number of alkyl carbamates (subject to hydrolysis) is 4. The second-order valence-corrected chi connectivity index (χ2v) is 24.8. The number of hydrogen-bond acceptors (Lipinski definition) is 24. The number of hydrogen-bond donors (Lipinski definition) is 10. The molecular weight excluding hydrogens is 1180 g/mol. The van der Waals surface area contributed by atoms with Crippen LogP contribution >= 0.6 is 23.5 Å². The lowest BCUT2D eigenvalue weighted by molar-refractivity contribution is -0.0740. The lowest BCUT2D eigenvalue weighted by Gasteiger charge is -2.33. The fraction of sp³-hybridized carbons (Fsp3) is 0.932. The lowest BCUT2D eigenvalue weighted by Crippen LogP contribution is -2.38. The van der Waals surface area contributed by atoms with Crippen molar-refractivity contribution in [1.29, 1.82) is 0 Å². The minimum Gasteiger partial charge on any atom is -0.447 e. The molecule has 1 saturated heterocycles. The van der Waals surface area contributed by atoms with Gasteiger partial charge in [0.2, 0.25) is 0 Å². The number of carbonyl (C=O) groups excluding carboxylic acids is 4. The maximum Gasteiger partial charge on any atom is 0.407 e. The summed E-state index contributed by atoms with van der Waals surface area (Å²) in [5, 5.41) is 71.9. The first-order chi connectivity index (χ1) is 42.0. The molecule has 28 heteroatoms. The maximum absolute atomic E-state index is 12.6. The highest BCUT2D eigenvalue weighted by Crippen LogP contribution is 2.31. The molecule has 10 N–H and O–H groups in total. The molecule has 514 valence electrons. The Balaban J connectivity index is 2.75. The van der Waals surface area contributed by atoms with Crippen LogP contribution in [0.4, 0.5) is 19.2 Å². The first-order valence-corrected chi connectivity index (χ1v) is 33.7. The van der Waals surface area contributed by atoms with Crippen molar-refractivity contribution in [3.05, 3.63) is 0 Å². The molecule has 0 aromatic heterocycles. The van der Waals surface area contributed by atoms with Gasteiger partial charge in [0.15, 0.2) is 0 Å². The second-order valence-electron chi connectivity index (χ2n) is 22.5. The van der Waals surface area contributed by atoms with E-state index in [2.05, 4.69) is 49.0 Å². The third-order valence-corrected chi connectivity index (χ3v) is 16.7. The van der Waals surface area contributed by atoms with Gasteiger partial charge in [0.05, 0.1) is 131 Å². The Kier molecular flexibility index (Phi) is 49.9. The summed E-state index contributed by atoms with van der Waals surface area (Å²) < 4.78 is 68.2. The van der Waals surface area contributed by atoms with Crippen LogP contribution < -0.4 is 21.3 Å². The summed E-state index contributed by atoms with van der Waals surface area (Å²) in [4.78, 5) is 49.8. The molecule has 0 radical (unpaired) electrons. The van der Waals surface area contributed by atoms with Gasteiger partial charge in [0.1, 0.15) is 31.0 Å². The van der Waals surface area contributed by atoms with Gasteiger partial charge in [0, 0.05) is 66.6 Å². The number of amides is 4. The summed E-state index contributed by atoms with van der Waals surface area (Å²) in [5.41, 5.74) is -1.04. The van der Waals surface area contributed by atoms with E-state index in [1.165, 1.54) is 0 Å². The van der Waals surface area contributed by atoms with Crippen LogP contribution in [-0.2, 0) is 56.8 Å². The predicted octanol–water partition coefficient (Wildman–Crippen LogP) is 4.43. The summed E-state index contributed by atoms with van der Waals surface area (Å²) in [6, 6.07) is 0. The molecule has 0 aromatic rings. The van der Waals surface area contributed by atoms with E-state index >= 15 is 0 Å². The van der Waals surface area contributed by atoms with Gasteiger partial charge in [-0.3, -0.25) is 0 Å². The van der Waals surface area contributed by atoms with Crippen molar-refractivity contribution in [3.63, 3.8) is 0 Å². The highest BCUT2D eigenvalue weighted by Gasteiger charge is 2.31. The third-order valence-electron chi connectivity index (χ3n) is 14.5. The molecule has 0 aliphatic carbocycles. The fourth-order valence-electron chi connectivity index (χ4n) is 8.86. The molecular formula is C59H114N4O22S2. The molecule has 0 aromatic carbocycles. The van der Waals surface area contributed by atoms with Gasteiger partial charge in [0.25, 0.3) is 0 Å². The minimum atomic E-state index is -1.10. The Morgan fingerprint density at radius 2 is 0.816 bits per heavy atom. The van der Waals surface area contributed by atoms with Crippen molar-refractivity contribution in [2.45, 2.75) is 155 Å². The molecule has 8 atom stereocenters. The van der Waals surface area contributed by atoms with Crippen molar-refractivity contribution in [1.82, 2.24) is 21.3 Å². The molecule has 6 unspecified atom stereocenters. The number of nitrogens with one attached hydrogen (secondary N) is 4. The molecule has 1 aliphatic rings. The molecule has 4 amide bonds. The quantitative estimate of drug-likeness (QED) is 0.135. The maximum atomic E-state index is 12.6. The number of aliphatic hydroxyl groups is 6. The summed E-state index contributed by atoms with van der Waals surface area (Å²) in [7, 11) is 0. The van der Waals surface area contributed by atoms with Gasteiger partial charge in [-0.05, 0) is 69.6 Å². The third kappa shape index (κ3) is 42.8. The monoisotopic (exact) mass is 1290 g/mol. The summed E-state index contributed by atoms with van der Waals surface area (Å²) >= 11 is 3.15. The highest BCUT2D eigenvalue weighted by atomic mass is 32.2. The van der Waals surface area contributed by atoms with Gasteiger partial charge >= 0.3 is 24.4 Å². The van der Waals surface area contributed by atoms with Crippen molar-refractivity contribution in [2.24, 2.45) is 16.2 Å². The average Bonchev–Trinajstić information content (AvgIpc) is 3.69. The Morgan fingerprint density at radius 3 is 1.23 bits per heavy atom. The zero-order valence-electron chi connectivity index (χ0n) is 53.3. The Morgan fingerprint density at radius 1 is 0.437 bits per heavy atom. The topological polar surface area (TPSA) is 349 Å². The van der Waals surface area contributed by atoms with Gasteiger partial charge in [-0.15, -0.1) is 0 Å². The van der Waals surface area contributed by atoms with E-state index < -0.39 is 86.2 Å². The van der Waals surface area contributed by atoms with E-state index in [1.807, 2.05) is 13.8 Å². The average molecular weight is 1300 g/mol. The molecule has 1 rings (SSSR count). The number of carbonyl (C=O) groups is 4. The van der Waals surface area contributed by atoms with Gasteiger partial charge in [-0.25, -0.2) is 19.2 Å². The van der Waals surface area contributed by atoms with E-state index in [-0.39, 0.29) is 96.5 Å². The molecule has 0 spiro atoms. The number of thioether (sulfide) groups is 2. The van der Waals surface area contributed by atoms with Gasteiger partial charge < -0.3 is 109 Å². The van der Waals surface area contributed by atoms with Gasteiger partial charge in [-0.1, -0.05) is 54.4 Å². The van der Waals surface area contributed by atoms with Crippen LogP contribution in [0.5, 0.6) is 0 Å². The van der Waals surface area contributed by atoms with Crippen LogP contribution in [0.3, 0.4) is 0 Å². The molecule has 0 saturated carbocycles. The number of ether oxygens (including phenoxy) is 12. The normalized spacial score (nSPS) is 29.0. The smallest absolute Gasteiger partial charge is 0.407 e. The predicted molar refractivity (Wildman–Crippen MR) is 331 cm³/mol. The fourth-order valence-corrected chi connectivity index (χ4v) is 10.4. The zero-order valence-corrected chi connectivity index (χ0v) is 54.9. The standard InChI is InChI=1S/C59H114N4O22S2/c1-7-16-57(6)18-23-76-34-48(68)40-86-28-26-74-24-25-75-27-29-87-41-49(69)35-78-45-59(11-5,17-8-2)46-81-39-52(32-66)85-56(73)63-22-15-14-21-62-55(72)84-51(31-65)38-80-44-58(9-3,10-4)43-77-33-47(67)36-82-53(70)60-19-12-13-20-61-54(71)83-50(30-64)37-79-42-57/h47-52,64-69H,7-46H2,1-6H3,(H,60,70)(H,61,71)(H,62,72)(H,63,73)/t47?,48?,49?,50?,51?,52?,57-,59+/m1/s1. The Hall–Kier alpha value is -2.78.